The van der Waals surface area contributed by atoms with Crippen LogP contribution < -0.4 is 9.47 Å². The molecular formula is C17H19NO5S2. The Morgan fingerprint density at radius 3 is 2.68 bits per heavy atom. The Kier molecular flexibility index (Phi) is 6.44. The van der Waals surface area contributed by atoms with Gasteiger partial charge in [-0.15, -0.1) is 0 Å². The lowest BCUT2D eigenvalue weighted by atomic mass is 10.1. The highest BCUT2D eigenvalue weighted by molar-refractivity contribution is 8.26. The third-order valence-electron chi connectivity index (χ3n) is 3.70. The number of nitrogens with zero attached hydrogens (tertiary/aromatic N) is 1. The van der Waals surface area contributed by atoms with Crippen molar-refractivity contribution in [3.8, 4) is 11.5 Å². The van der Waals surface area contributed by atoms with Crippen molar-refractivity contribution in [2.75, 3.05) is 20.8 Å². The zero-order chi connectivity index (χ0) is 18.6. The number of carbonyl (C=O) groups excluding carboxylic acids is 1. The quantitative estimate of drug-likeness (QED) is 0.574. The first-order valence-electron chi connectivity index (χ1n) is 7.57. The highest BCUT2D eigenvalue weighted by atomic mass is 32.2. The van der Waals surface area contributed by atoms with Crippen molar-refractivity contribution in [2.45, 2.75) is 19.8 Å². The minimum Gasteiger partial charge on any atom is -0.497 e. The normalized spacial score (nSPS) is 15.8. The second kappa shape index (κ2) is 8.35. The smallest absolute Gasteiger partial charge is 0.303 e. The maximum atomic E-state index is 12.6. The molecule has 0 saturated carbocycles. The molecule has 0 unspecified atom stereocenters. The van der Waals surface area contributed by atoms with Gasteiger partial charge in [0.15, 0.2) is 0 Å². The summed E-state index contributed by atoms with van der Waals surface area (Å²) in [6.07, 6.45) is 2.12. The van der Waals surface area contributed by atoms with E-state index in [0.717, 1.165) is 11.1 Å². The SMILES string of the molecule is COc1cc(C)c(C=C2SC(=S)N(CCCC(=O)O)C2=O)c(OC)c1. The molecule has 6 nitrogen and oxygen atoms in total. The van der Waals surface area contributed by atoms with E-state index in [1.165, 1.54) is 16.7 Å². The van der Waals surface area contributed by atoms with Crippen LogP contribution in [0.2, 0.25) is 0 Å². The number of ether oxygens (including phenoxy) is 2. The molecule has 1 saturated heterocycles. The fourth-order valence-electron chi connectivity index (χ4n) is 2.42. The van der Waals surface area contributed by atoms with E-state index in [4.69, 9.17) is 26.8 Å². The summed E-state index contributed by atoms with van der Waals surface area (Å²) < 4.78 is 11.1. The Morgan fingerprint density at radius 2 is 2.08 bits per heavy atom. The number of carboxylic acid groups (broad SMARTS) is 1. The van der Waals surface area contributed by atoms with Crippen molar-refractivity contribution >= 4 is 46.3 Å². The molecule has 1 fully saturated rings. The molecule has 2 rings (SSSR count). The van der Waals surface area contributed by atoms with Gasteiger partial charge in [0.2, 0.25) is 0 Å². The first kappa shape index (κ1) is 19.3. The first-order chi connectivity index (χ1) is 11.9. The zero-order valence-corrected chi connectivity index (χ0v) is 15.8. The fraction of sp³-hybridized carbons (Fsp3) is 0.353. The average Bonchev–Trinajstić information content (AvgIpc) is 2.83. The number of thioether (sulfide) groups is 1. The number of benzene rings is 1. The second-order valence-electron chi connectivity index (χ2n) is 5.39. The number of aliphatic carboxylic acids is 1. The number of carboxylic acids is 1. The lowest BCUT2D eigenvalue weighted by molar-refractivity contribution is -0.137. The molecule has 0 atom stereocenters. The van der Waals surface area contributed by atoms with Crippen LogP contribution in [-0.4, -0.2) is 47.0 Å². The molecule has 134 valence electrons. The van der Waals surface area contributed by atoms with E-state index in [9.17, 15) is 9.59 Å². The third-order valence-corrected chi connectivity index (χ3v) is 5.08. The van der Waals surface area contributed by atoms with Gasteiger partial charge in [0.25, 0.3) is 5.91 Å². The molecule has 1 amide bonds. The number of amides is 1. The van der Waals surface area contributed by atoms with Gasteiger partial charge in [-0.2, -0.15) is 0 Å². The van der Waals surface area contributed by atoms with Gasteiger partial charge in [0, 0.05) is 24.6 Å². The van der Waals surface area contributed by atoms with Gasteiger partial charge in [-0.25, -0.2) is 0 Å². The summed E-state index contributed by atoms with van der Waals surface area (Å²) in [5, 5.41) is 8.72. The van der Waals surface area contributed by atoms with Crippen LogP contribution in [-0.2, 0) is 9.59 Å². The lowest BCUT2D eigenvalue weighted by Gasteiger charge is -2.13. The van der Waals surface area contributed by atoms with Crippen LogP contribution in [0.5, 0.6) is 11.5 Å². The number of aryl methyl sites for hydroxylation is 1. The van der Waals surface area contributed by atoms with Crippen LogP contribution in [0.1, 0.15) is 24.0 Å². The van der Waals surface area contributed by atoms with Gasteiger partial charge in [0.05, 0.1) is 19.1 Å². The third kappa shape index (κ3) is 4.52. The molecule has 0 bridgehead atoms. The molecule has 1 aliphatic heterocycles. The van der Waals surface area contributed by atoms with E-state index in [1.54, 1.807) is 26.4 Å². The fourth-order valence-corrected chi connectivity index (χ4v) is 3.71. The van der Waals surface area contributed by atoms with E-state index >= 15 is 0 Å². The molecule has 1 heterocycles. The largest absolute Gasteiger partial charge is 0.497 e. The van der Waals surface area contributed by atoms with Gasteiger partial charge in [-0.3, -0.25) is 14.5 Å². The van der Waals surface area contributed by atoms with Gasteiger partial charge in [-0.05, 0) is 31.1 Å². The lowest BCUT2D eigenvalue weighted by Crippen LogP contribution is -2.29. The van der Waals surface area contributed by atoms with E-state index in [-0.39, 0.29) is 12.3 Å². The summed E-state index contributed by atoms with van der Waals surface area (Å²) in [5.41, 5.74) is 1.70. The van der Waals surface area contributed by atoms with Gasteiger partial charge in [0.1, 0.15) is 15.8 Å². The van der Waals surface area contributed by atoms with E-state index in [2.05, 4.69) is 0 Å². The van der Waals surface area contributed by atoms with E-state index in [0.29, 0.717) is 33.7 Å². The summed E-state index contributed by atoms with van der Waals surface area (Å²) in [6.45, 7) is 2.21. The van der Waals surface area contributed by atoms with Gasteiger partial charge in [-0.1, -0.05) is 24.0 Å². The first-order valence-corrected chi connectivity index (χ1v) is 8.79. The van der Waals surface area contributed by atoms with Crippen molar-refractivity contribution in [3.63, 3.8) is 0 Å². The predicted octanol–water partition coefficient (Wildman–Crippen LogP) is 3.08. The van der Waals surface area contributed by atoms with Crippen molar-refractivity contribution in [1.29, 1.82) is 0 Å². The molecule has 1 aromatic carbocycles. The number of thiocarbonyl (C=S) groups is 1. The molecular weight excluding hydrogens is 362 g/mol. The Hall–Kier alpha value is -2.06. The second-order valence-corrected chi connectivity index (χ2v) is 7.07. The van der Waals surface area contributed by atoms with Crippen molar-refractivity contribution in [3.05, 3.63) is 28.2 Å². The molecule has 8 heteroatoms. The van der Waals surface area contributed by atoms with Crippen molar-refractivity contribution < 1.29 is 24.2 Å². The Bertz CT molecular complexity index is 745. The van der Waals surface area contributed by atoms with Gasteiger partial charge < -0.3 is 14.6 Å². The standard InChI is InChI=1S/C17H19NO5S2/c1-10-7-11(22-2)8-13(23-3)12(10)9-14-16(21)18(17(24)25-14)6-4-5-15(19)20/h7-9H,4-6H2,1-3H3,(H,19,20). The Labute approximate surface area is 155 Å². The highest BCUT2D eigenvalue weighted by Gasteiger charge is 2.32. The molecule has 1 N–H and O–H groups in total. The number of carbonyl (C=O) groups is 2. The van der Waals surface area contributed by atoms with Crippen molar-refractivity contribution in [2.24, 2.45) is 0 Å². The van der Waals surface area contributed by atoms with Crippen LogP contribution >= 0.6 is 24.0 Å². The topological polar surface area (TPSA) is 76.1 Å². The highest BCUT2D eigenvalue weighted by Crippen LogP contribution is 2.36. The van der Waals surface area contributed by atoms with Crippen LogP contribution in [0.4, 0.5) is 0 Å². The van der Waals surface area contributed by atoms with E-state index < -0.39 is 5.97 Å². The molecule has 1 aliphatic rings. The summed E-state index contributed by atoms with van der Waals surface area (Å²) in [5.74, 6) is 0.179. The maximum Gasteiger partial charge on any atom is 0.303 e. The summed E-state index contributed by atoms with van der Waals surface area (Å²) in [4.78, 5) is 25.1. The minimum absolute atomic E-state index is 0.00151. The molecule has 0 spiro atoms. The van der Waals surface area contributed by atoms with Crippen LogP contribution in [0.15, 0.2) is 17.0 Å². The Morgan fingerprint density at radius 1 is 1.36 bits per heavy atom. The molecule has 25 heavy (non-hydrogen) atoms. The Balaban J connectivity index is 2.26. The van der Waals surface area contributed by atoms with E-state index in [1.807, 2.05) is 13.0 Å². The molecule has 1 aromatic rings. The number of hydrogen-bond donors (Lipinski definition) is 1. The van der Waals surface area contributed by atoms with Crippen molar-refractivity contribution in [1.82, 2.24) is 4.90 Å². The van der Waals surface area contributed by atoms with Crippen LogP contribution in [0.25, 0.3) is 6.08 Å². The monoisotopic (exact) mass is 381 g/mol. The summed E-state index contributed by atoms with van der Waals surface area (Å²) in [6, 6.07) is 3.62. The summed E-state index contributed by atoms with van der Waals surface area (Å²) in [7, 11) is 3.14. The number of hydrogen-bond acceptors (Lipinski definition) is 6. The molecule has 0 radical (unpaired) electrons. The van der Waals surface area contributed by atoms with Crippen LogP contribution in [0.3, 0.4) is 0 Å². The number of rotatable bonds is 7. The minimum atomic E-state index is -0.889. The predicted molar refractivity (Wildman–Crippen MR) is 101 cm³/mol. The average molecular weight is 381 g/mol. The van der Waals surface area contributed by atoms with Gasteiger partial charge >= 0.3 is 5.97 Å². The summed E-state index contributed by atoms with van der Waals surface area (Å²) >= 11 is 6.46. The molecule has 0 aliphatic carbocycles. The zero-order valence-electron chi connectivity index (χ0n) is 14.2. The number of methoxy groups -OCH3 is 2. The van der Waals surface area contributed by atoms with Crippen LogP contribution in [0, 0.1) is 6.92 Å². The molecule has 0 aromatic heterocycles. The maximum absolute atomic E-state index is 12.6.